The van der Waals surface area contributed by atoms with E-state index in [2.05, 4.69) is 10.2 Å². The third kappa shape index (κ3) is 3.07. The zero-order chi connectivity index (χ0) is 16.2. The molecule has 114 valence electrons. The van der Waals surface area contributed by atoms with Gasteiger partial charge in [-0.3, -0.25) is 4.79 Å². The largest absolute Gasteiger partial charge is 0.496 e. The molecule has 0 spiro atoms. The molecule has 23 heavy (non-hydrogen) atoms. The van der Waals surface area contributed by atoms with Gasteiger partial charge in [-0.15, -0.1) is 10.2 Å². The molecule has 0 amide bonds. The number of benzene rings is 2. The Morgan fingerprint density at radius 3 is 2.39 bits per heavy atom. The van der Waals surface area contributed by atoms with Gasteiger partial charge in [0.25, 0.3) is 0 Å². The maximum Gasteiger partial charge on any atom is 0.199 e. The normalized spacial score (nSPS) is 10.3. The fourth-order valence-corrected chi connectivity index (χ4v) is 2.44. The Bertz CT molecular complexity index is 851. The third-order valence-corrected chi connectivity index (χ3v) is 3.69. The Labute approximate surface area is 138 Å². The van der Waals surface area contributed by atoms with E-state index in [1.54, 1.807) is 30.3 Å². The van der Waals surface area contributed by atoms with E-state index in [0.29, 0.717) is 22.6 Å². The number of para-hydroxylation sites is 1. The first-order valence-electron chi connectivity index (χ1n) is 6.97. The van der Waals surface area contributed by atoms with E-state index in [4.69, 9.17) is 16.3 Å². The van der Waals surface area contributed by atoms with Crippen LogP contribution in [0.4, 0.5) is 0 Å². The second-order valence-electron chi connectivity index (χ2n) is 4.83. The van der Waals surface area contributed by atoms with Gasteiger partial charge in [0.2, 0.25) is 0 Å². The Hall–Kier alpha value is -2.72. The first-order valence-corrected chi connectivity index (χ1v) is 7.35. The number of ketones is 1. The van der Waals surface area contributed by atoms with Crippen molar-refractivity contribution >= 4 is 17.4 Å². The summed E-state index contributed by atoms with van der Waals surface area (Å²) in [6.07, 6.45) is 0. The number of carbonyl (C=O) groups excluding carboxylic acids is 1. The predicted molar refractivity (Wildman–Crippen MR) is 88.9 cm³/mol. The molecule has 0 unspecified atom stereocenters. The van der Waals surface area contributed by atoms with Crippen LogP contribution in [0.2, 0.25) is 5.15 Å². The smallest absolute Gasteiger partial charge is 0.199 e. The molecule has 3 rings (SSSR count). The summed E-state index contributed by atoms with van der Waals surface area (Å²) in [6, 6.07) is 18.2. The maximum atomic E-state index is 12.8. The lowest BCUT2D eigenvalue weighted by molar-refractivity contribution is 0.103. The molecule has 5 heteroatoms. The molecule has 1 heterocycles. The molecule has 1 aromatic heterocycles. The molecule has 0 saturated heterocycles. The fourth-order valence-electron chi connectivity index (χ4n) is 2.26. The van der Waals surface area contributed by atoms with Crippen LogP contribution in [0.25, 0.3) is 11.3 Å². The van der Waals surface area contributed by atoms with Crippen molar-refractivity contribution in [1.29, 1.82) is 0 Å². The minimum atomic E-state index is -0.250. The average Bonchev–Trinajstić information content (AvgIpc) is 2.62. The molecule has 0 radical (unpaired) electrons. The van der Waals surface area contributed by atoms with Crippen molar-refractivity contribution in [2.45, 2.75) is 0 Å². The molecule has 0 aliphatic rings. The maximum absolute atomic E-state index is 12.8. The summed E-state index contributed by atoms with van der Waals surface area (Å²) in [4.78, 5) is 12.8. The number of methoxy groups -OCH3 is 1. The molecule has 0 aliphatic carbocycles. The van der Waals surface area contributed by atoms with Gasteiger partial charge in [-0.05, 0) is 18.2 Å². The van der Waals surface area contributed by atoms with Gasteiger partial charge in [0.05, 0.1) is 23.9 Å². The lowest BCUT2D eigenvalue weighted by Gasteiger charge is -2.09. The number of carbonyl (C=O) groups is 1. The zero-order valence-electron chi connectivity index (χ0n) is 12.4. The number of hydrogen-bond acceptors (Lipinski definition) is 4. The van der Waals surface area contributed by atoms with E-state index in [-0.39, 0.29) is 10.9 Å². The van der Waals surface area contributed by atoms with Crippen LogP contribution >= 0.6 is 11.6 Å². The Kier molecular flexibility index (Phi) is 4.35. The molecule has 0 saturated carbocycles. The van der Waals surface area contributed by atoms with Crippen LogP contribution in [-0.4, -0.2) is 23.1 Å². The summed E-state index contributed by atoms with van der Waals surface area (Å²) >= 11 is 6.09. The second kappa shape index (κ2) is 6.58. The standard InChI is InChI=1S/C18H13ClN2O2/c1-23-16-10-6-5-9-13(16)17(22)14-11-15(20-21-18(14)19)12-7-3-2-4-8-12/h2-11H,1H3. The molecule has 3 aromatic rings. The minimum absolute atomic E-state index is 0.0700. The summed E-state index contributed by atoms with van der Waals surface area (Å²) < 4.78 is 5.24. The van der Waals surface area contributed by atoms with Crippen LogP contribution in [0.1, 0.15) is 15.9 Å². The van der Waals surface area contributed by atoms with E-state index < -0.39 is 0 Å². The molecular formula is C18H13ClN2O2. The molecular weight excluding hydrogens is 312 g/mol. The first-order chi connectivity index (χ1) is 11.2. The fraction of sp³-hybridized carbons (Fsp3) is 0.0556. The Morgan fingerprint density at radius 2 is 1.65 bits per heavy atom. The molecule has 0 atom stereocenters. The van der Waals surface area contributed by atoms with Gasteiger partial charge in [0, 0.05) is 5.56 Å². The van der Waals surface area contributed by atoms with Gasteiger partial charge < -0.3 is 4.74 Å². The van der Waals surface area contributed by atoms with Gasteiger partial charge in [-0.25, -0.2) is 0 Å². The highest BCUT2D eigenvalue weighted by Crippen LogP contribution is 2.26. The zero-order valence-corrected chi connectivity index (χ0v) is 13.1. The number of halogens is 1. The SMILES string of the molecule is COc1ccccc1C(=O)c1cc(-c2ccccc2)nnc1Cl. The first kappa shape index (κ1) is 15.2. The van der Waals surface area contributed by atoms with Crippen molar-refractivity contribution < 1.29 is 9.53 Å². The van der Waals surface area contributed by atoms with Gasteiger partial charge in [0.1, 0.15) is 5.75 Å². The van der Waals surface area contributed by atoms with Crippen molar-refractivity contribution in [3.8, 4) is 17.0 Å². The molecule has 0 bridgehead atoms. The number of nitrogens with zero attached hydrogens (tertiary/aromatic N) is 2. The summed E-state index contributed by atoms with van der Waals surface area (Å²) in [6.45, 7) is 0. The summed E-state index contributed by atoms with van der Waals surface area (Å²) in [7, 11) is 1.52. The van der Waals surface area contributed by atoms with Gasteiger partial charge in [-0.1, -0.05) is 54.1 Å². The lowest BCUT2D eigenvalue weighted by atomic mass is 10.0. The molecule has 0 aliphatic heterocycles. The number of rotatable bonds is 4. The van der Waals surface area contributed by atoms with Gasteiger partial charge in [-0.2, -0.15) is 0 Å². The Balaban J connectivity index is 2.07. The van der Waals surface area contributed by atoms with Crippen LogP contribution in [-0.2, 0) is 0 Å². The highest BCUT2D eigenvalue weighted by Gasteiger charge is 2.19. The average molecular weight is 325 g/mol. The van der Waals surface area contributed by atoms with Crippen molar-refractivity contribution in [3.63, 3.8) is 0 Å². The quantitative estimate of drug-likeness (QED) is 0.680. The highest BCUT2D eigenvalue weighted by molar-refractivity contribution is 6.34. The van der Waals surface area contributed by atoms with E-state index in [0.717, 1.165) is 5.56 Å². The van der Waals surface area contributed by atoms with Gasteiger partial charge >= 0.3 is 0 Å². The third-order valence-electron chi connectivity index (χ3n) is 3.41. The van der Waals surface area contributed by atoms with E-state index >= 15 is 0 Å². The summed E-state index contributed by atoms with van der Waals surface area (Å²) in [5.41, 5.74) is 2.19. The molecule has 0 N–H and O–H groups in total. The molecule has 2 aromatic carbocycles. The van der Waals surface area contributed by atoms with Crippen LogP contribution in [0, 0.1) is 0 Å². The molecule has 4 nitrogen and oxygen atoms in total. The lowest BCUT2D eigenvalue weighted by Crippen LogP contribution is -2.07. The Morgan fingerprint density at radius 1 is 0.957 bits per heavy atom. The minimum Gasteiger partial charge on any atom is -0.496 e. The number of aromatic nitrogens is 2. The summed E-state index contributed by atoms with van der Waals surface area (Å²) in [5, 5.41) is 8.04. The van der Waals surface area contributed by atoms with Crippen LogP contribution in [0.5, 0.6) is 5.75 Å². The second-order valence-corrected chi connectivity index (χ2v) is 5.19. The topological polar surface area (TPSA) is 52.1 Å². The van der Waals surface area contributed by atoms with Crippen LogP contribution in [0.3, 0.4) is 0 Å². The van der Waals surface area contributed by atoms with Crippen LogP contribution < -0.4 is 4.74 Å². The molecule has 0 fully saturated rings. The van der Waals surface area contributed by atoms with E-state index in [1.807, 2.05) is 30.3 Å². The van der Waals surface area contributed by atoms with Crippen molar-refractivity contribution in [3.05, 3.63) is 76.9 Å². The van der Waals surface area contributed by atoms with Crippen molar-refractivity contribution in [2.75, 3.05) is 7.11 Å². The highest BCUT2D eigenvalue weighted by atomic mass is 35.5. The van der Waals surface area contributed by atoms with Crippen LogP contribution in [0.15, 0.2) is 60.7 Å². The van der Waals surface area contributed by atoms with E-state index in [9.17, 15) is 4.79 Å². The monoisotopic (exact) mass is 324 g/mol. The van der Waals surface area contributed by atoms with Crippen molar-refractivity contribution in [2.24, 2.45) is 0 Å². The van der Waals surface area contributed by atoms with Gasteiger partial charge in [0.15, 0.2) is 10.9 Å². The predicted octanol–water partition coefficient (Wildman–Crippen LogP) is 4.04. The van der Waals surface area contributed by atoms with E-state index in [1.165, 1.54) is 7.11 Å². The van der Waals surface area contributed by atoms with Crippen molar-refractivity contribution in [1.82, 2.24) is 10.2 Å². The number of ether oxygens (including phenoxy) is 1. The number of hydrogen-bond donors (Lipinski definition) is 0. The summed E-state index contributed by atoms with van der Waals surface area (Å²) in [5.74, 6) is 0.242.